The molecule has 0 bridgehead atoms. The van der Waals surface area contributed by atoms with Crippen molar-refractivity contribution in [3.8, 4) is 11.5 Å². The summed E-state index contributed by atoms with van der Waals surface area (Å²) in [7, 11) is 3.31. The molecule has 3 amide bonds. The summed E-state index contributed by atoms with van der Waals surface area (Å²) in [6, 6.07) is 10.5. The molecule has 28 heavy (non-hydrogen) atoms. The molecule has 0 aliphatic carbocycles. The highest BCUT2D eigenvalue weighted by molar-refractivity contribution is 6.01. The molecule has 7 nitrogen and oxygen atoms in total. The molecule has 8 heteroatoms. The number of amides is 3. The van der Waals surface area contributed by atoms with Gasteiger partial charge in [0.15, 0.2) is 11.5 Å². The van der Waals surface area contributed by atoms with E-state index in [-0.39, 0.29) is 12.2 Å². The van der Waals surface area contributed by atoms with Crippen LogP contribution in [0.4, 0.5) is 14.9 Å². The lowest BCUT2D eigenvalue weighted by Gasteiger charge is -2.17. The van der Waals surface area contributed by atoms with Crippen LogP contribution >= 0.6 is 0 Å². The predicted molar refractivity (Wildman–Crippen MR) is 104 cm³/mol. The van der Waals surface area contributed by atoms with Gasteiger partial charge in [0, 0.05) is 6.54 Å². The molecule has 0 aromatic heterocycles. The maximum atomic E-state index is 13.5. The zero-order valence-electron chi connectivity index (χ0n) is 16.1. The number of hydrogen-bond acceptors (Lipinski definition) is 5. The van der Waals surface area contributed by atoms with E-state index < -0.39 is 17.8 Å². The van der Waals surface area contributed by atoms with Gasteiger partial charge in [0.2, 0.25) is 5.91 Å². The molecule has 0 saturated carbocycles. The number of likely N-dealkylation sites (N-methyl/N-ethyl adjacent to an activating group) is 1. The van der Waals surface area contributed by atoms with Crippen molar-refractivity contribution in [3.05, 3.63) is 53.8 Å². The molecule has 0 radical (unpaired) electrons. The van der Waals surface area contributed by atoms with Crippen molar-refractivity contribution in [2.24, 2.45) is 0 Å². The van der Waals surface area contributed by atoms with E-state index in [0.717, 1.165) is 5.56 Å². The van der Waals surface area contributed by atoms with Crippen LogP contribution in [0.1, 0.15) is 12.5 Å². The summed E-state index contributed by atoms with van der Waals surface area (Å²) in [5.74, 6) is 0.182. The Kier molecular flexibility index (Phi) is 7.76. The second kappa shape index (κ2) is 10.3. The highest BCUT2D eigenvalue weighted by Gasteiger charge is 2.13. The van der Waals surface area contributed by atoms with Gasteiger partial charge in [0.1, 0.15) is 5.82 Å². The summed E-state index contributed by atoms with van der Waals surface area (Å²) in [4.78, 5) is 25.6. The van der Waals surface area contributed by atoms with Gasteiger partial charge >= 0.3 is 6.03 Å². The number of hydrogen-bond donors (Lipinski definition) is 2. The molecule has 0 fully saturated rings. The van der Waals surface area contributed by atoms with Gasteiger partial charge in [-0.15, -0.1) is 0 Å². The van der Waals surface area contributed by atoms with Crippen LogP contribution in [0, 0.1) is 5.82 Å². The van der Waals surface area contributed by atoms with Crippen molar-refractivity contribution in [1.29, 1.82) is 0 Å². The van der Waals surface area contributed by atoms with Crippen LogP contribution < -0.4 is 20.1 Å². The summed E-state index contributed by atoms with van der Waals surface area (Å²) in [6.45, 7) is 2.87. The monoisotopic (exact) mass is 389 g/mol. The zero-order valence-corrected chi connectivity index (χ0v) is 16.1. The van der Waals surface area contributed by atoms with Gasteiger partial charge in [-0.2, -0.15) is 0 Å². The van der Waals surface area contributed by atoms with Crippen molar-refractivity contribution in [2.75, 3.05) is 32.6 Å². The van der Waals surface area contributed by atoms with E-state index in [4.69, 9.17) is 9.47 Å². The van der Waals surface area contributed by atoms with Gasteiger partial charge in [-0.1, -0.05) is 18.2 Å². The van der Waals surface area contributed by atoms with E-state index in [9.17, 15) is 14.0 Å². The van der Waals surface area contributed by atoms with Gasteiger partial charge < -0.3 is 14.8 Å². The lowest BCUT2D eigenvalue weighted by Crippen LogP contribution is -2.40. The minimum absolute atomic E-state index is 0.00244. The number of carbonyl (C=O) groups excluding carboxylic acids is 2. The number of ether oxygens (including phenoxy) is 2. The van der Waals surface area contributed by atoms with Gasteiger partial charge in [0.05, 0.1) is 25.9 Å². The standard InChI is InChI=1S/C20H24FN3O4/c1-4-28-17-10-9-14(11-18(17)27-3)12-24(2)13-19(25)23-20(26)22-16-8-6-5-7-15(16)21/h5-11H,4,12-13H2,1-3H3,(H2,22,23,25,26). The van der Waals surface area contributed by atoms with Crippen molar-refractivity contribution in [3.63, 3.8) is 0 Å². The molecule has 0 atom stereocenters. The van der Waals surface area contributed by atoms with Gasteiger partial charge in [0.25, 0.3) is 0 Å². The Balaban J connectivity index is 1.86. The van der Waals surface area contributed by atoms with Crippen LogP contribution in [-0.2, 0) is 11.3 Å². The fourth-order valence-corrected chi connectivity index (χ4v) is 2.58. The molecule has 0 aliphatic heterocycles. The third-order valence-electron chi connectivity index (χ3n) is 3.77. The summed E-state index contributed by atoms with van der Waals surface area (Å²) >= 11 is 0. The van der Waals surface area contributed by atoms with Crippen LogP contribution in [0.2, 0.25) is 0 Å². The zero-order chi connectivity index (χ0) is 20.5. The van der Waals surface area contributed by atoms with E-state index in [1.165, 1.54) is 18.2 Å². The van der Waals surface area contributed by atoms with E-state index in [1.807, 2.05) is 25.1 Å². The third-order valence-corrected chi connectivity index (χ3v) is 3.77. The number of anilines is 1. The van der Waals surface area contributed by atoms with Crippen molar-refractivity contribution >= 4 is 17.6 Å². The second-order valence-corrected chi connectivity index (χ2v) is 6.07. The topological polar surface area (TPSA) is 79.9 Å². The van der Waals surface area contributed by atoms with Crippen molar-refractivity contribution in [1.82, 2.24) is 10.2 Å². The Hall–Kier alpha value is -3.13. The molecule has 0 saturated heterocycles. The number of methoxy groups -OCH3 is 1. The Morgan fingerprint density at radius 1 is 1.14 bits per heavy atom. The molecule has 0 heterocycles. The Bertz CT molecular complexity index is 829. The molecule has 150 valence electrons. The van der Waals surface area contributed by atoms with Crippen molar-refractivity contribution in [2.45, 2.75) is 13.5 Å². The number of carbonyl (C=O) groups is 2. The maximum absolute atomic E-state index is 13.5. The Labute approximate surface area is 163 Å². The molecule has 2 N–H and O–H groups in total. The fraction of sp³-hybridized carbons (Fsp3) is 0.300. The molecular formula is C20H24FN3O4. The normalized spacial score (nSPS) is 10.5. The number of imide groups is 1. The first-order valence-electron chi connectivity index (χ1n) is 8.76. The van der Waals surface area contributed by atoms with Crippen LogP contribution in [0.25, 0.3) is 0 Å². The largest absolute Gasteiger partial charge is 0.493 e. The first-order chi connectivity index (χ1) is 13.4. The minimum Gasteiger partial charge on any atom is -0.493 e. The molecular weight excluding hydrogens is 365 g/mol. The average molecular weight is 389 g/mol. The number of para-hydroxylation sites is 1. The molecule has 0 aliphatic rings. The van der Waals surface area contributed by atoms with Crippen LogP contribution in [0.3, 0.4) is 0 Å². The molecule has 0 spiro atoms. The van der Waals surface area contributed by atoms with Crippen molar-refractivity contribution < 1.29 is 23.5 Å². The van der Waals surface area contributed by atoms with E-state index in [2.05, 4.69) is 10.6 Å². The van der Waals surface area contributed by atoms with Crippen LogP contribution in [0.15, 0.2) is 42.5 Å². The van der Waals surface area contributed by atoms with E-state index in [1.54, 1.807) is 25.1 Å². The number of halogens is 1. The highest BCUT2D eigenvalue weighted by Crippen LogP contribution is 2.28. The second-order valence-electron chi connectivity index (χ2n) is 6.07. The smallest absolute Gasteiger partial charge is 0.326 e. The number of urea groups is 1. The van der Waals surface area contributed by atoms with Crippen LogP contribution in [-0.4, -0.2) is 44.1 Å². The lowest BCUT2D eigenvalue weighted by molar-refractivity contribution is -0.120. The number of rotatable bonds is 8. The Morgan fingerprint density at radius 3 is 2.57 bits per heavy atom. The predicted octanol–water partition coefficient (Wildman–Crippen LogP) is 3.01. The first kappa shape index (κ1) is 21.2. The van der Waals surface area contributed by atoms with Gasteiger partial charge in [-0.25, -0.2) is 9.18 Å². The van der Waals surface area contributed by atoms with Gasteiger partial charge in [-0.05, 0) is 43.8 Å². The third kappa shape index (κ3) is 6.24. The minimum atomic E-state index is -0.786. The first-order valence-corrected chi connectivity index (χ1v) is 8.76. The number of nitrogens with zero attached hydrogens (tertiary/aromatic N) is 1. The summed E-state index contributed by atoms with van der Waals surface area (Å²) < 4.78 is 24.3. The molecule has 2 aromatic carbocycles. The molecule has 2 rings (SSSR count). The van der Waals surface area contributed by atoms with E-state index in [0.29, 0.717) is 24.7 Å². The summed E-state index contributed by atoms with van der Waals surface area (Å²) in [5, 5.41) is 4.48. The number of benzene rings is 2. The molecule has 0 unspecified atom stereocenters. The van der Waals surface area contributed by atoms with Crippen LogP contribution in [0.5, 0.6) is 11.5 Å². The summed E-state index contributed by atoms with van der Waals surface area (Å²) in [6.07, 6.45) is 0. The van der Waals surface area contributed by atoms with E-state index >= 15 is 0 Å². The summed E-state index contributed by atoms with van der Waals surface area (Å²) in [5.41, 5.74) is 0.925. The Morgan fingerprint density at radius 2 is 1.89 bits per heavy atom. The quantitative estimate of drug-likeness (QED) is 0.726. The highest BCUT2D eigenvalue weighted by atomic mass is 19.1. The average Bonchev–Trinajstić information content (AvgIpc) is 2.64. The fourth-order valence-electron chi connectivity index (χ4n) is 2.58. The number of nitrogens with one attached hydrogen (secondary N) is 2. The molecule has 2 aromatic rings. The SMILES string of the molecule is CCOc1ccc(CN(C)CC(=O)NC(=O)Nc2ccccc2F)cc1OC. The lowest BCUT2D eigenvalue weighted by atomic mass is 10.2. The maximum Gasteiger partial charge on any atom is 0.326 e. The van der Waals surface area contributed by atoms with Gasteiger partial charge in [-0.3, -0.25) is 15.0 Å².